The van der Waals surface area contributed by atoms with E-state index >= 15 is 0 Å². The van der Waals surface area contributed by atoms with Crippen LogP contribution in [0.15, 0.2) is 30.5 Å². The normalized spacial score (nSPS) is 11.3. The SMILES string of the molecule is O=C(CCCCn1c2cccnc2c2c(F)cc(F)cc21)NO. The largest absolute Gasteiger partial charge is 0.339 e. The number of unbranched alkanes of at least 4 members (excludes halogenated alkanes) is 1. The van der Waals surface area contributed by atoms with Crippen molar-refractivity contribution in [1.82, 2.24) is 15.0 Å². The number of nitrogens with zero attached hydrogens (tertiary/aromatic N) is 2. The minimum atomic E-state index is -0.640. The summed E-state index contributed by atoms with van der Waals surface area (Å²) < 4.78 is 29.6. The summed E-state index contributed by atoms with van der Waals surface area (Å²) in [7, 11) is 0. The van der Waals surface area contributed by atoms with E-state index < -0.39 is 17.5 Å². The first-order chi connectivity index (χ1) is 11.1. The zero-order valence-electron chi connectivity index (χ0n) is 12.2. The van der Waals surface area contributed by atoms with Crippen molar-refractivity contribution in [1.29, 1.82) is 0 Å². The standard InChI is InChI=1S/C16H15F2N3O2/c17-10-8-11(18)15-13(9-10)21(7-2-1-5-14(22)20-23)12-4-3-6-19-16(12)15/h3-4,6,8-9,23H,1-2,5,7H2,(H,20,22). The summed E-state index contributed by atoms with van der Waals surface area (Å²) >= 11 is 0. The Morgan fingerprint density at radius 2 is 2.09 bits per heavy atom. The molecule has 0 atom stereocenters. The number of pyridine rings is 1. The van der Waals surface area contributed by atoms with Gasteiger partial charge in [-0.2, -0.15) is 0 Å². The van der Waals surface area contributed by atoms with Gasteiger partial charge >= 0.3 is 0 Å². The molecule has 0 saturated heterocycles. The van der Waals surface area contributed by atoms with Gasteiger partial charge in [-0.3, -0.25) is 15.0 Å². The highest BCUT2D eigenvalue weighted by molar-refractivity contribution is 6.05. The van der Waals surface area contributed by atoms with Crippen molar-refractivity contribution < 1.29 is 18.8 Å². The zero-order chi connectivity index (χ0) is 16.4. The molecular weight excluding hydrogens is 304 g/mol. The van der Waals surface area contributed by atoms with Crippen molar-refractivity contribution in [2.45, 2.75) is 25.8 Å². The fourth-order valence-corrected chi connectivity index (χ4v) is 2.80. The number of halogens is 2. The van der Waals surface area contributed by atoms with E-state index in [4.69, 9.17) is 5.21 Å². The van der Waals surface area contributed by atoms with Crippen LogP contribution >= 0.6 is 0 Å². The van der Waals surface area contributed by atoms with Gasteiger partial charge in [-0.05, 0) is 31.0 Å². The van der Waals surface area contributed by atoms with Gasteiger partial charge < -0.3 is 4.57 Å². The molecule has 0 saturated carbocycles. The molecule has 0 aliphatic heterocycles. The van der Waals surface area contributed by atoms with Crippen molar-refractivity contribution in [3.63, 3.8) is 0 Å². The number of benzene rings is 1. The van der Waals surface area contributed by atoms with Gasteiger partial charge in [-0.25, -0.2) is 14.3 Å². The Hall–Kier alpha value is -2.54. The minimum Gasteiger partial charge on any atom is -0.339 e. The Balaban J connectivity index is 1.98. The van der Waals surface area contributed by atoms with Crippen LogP contribution in [0.25, 0.3) is 21.9 Å². The first-order valence-electron chi connectivity index (χ1n) is 7.26. The third-order valence-corrected chi connectivity index (χ3v) is 3.80. The van der Waals surface area contributed by atoms with Gasteiger partial charge in [0.2, 0.25) is 5.91 Å². The third-order valence-electron chi connectivity index (χ3n) is 3.80. The van der Waals surface area contributed by atoms with Crippen LogP contribution in [0.3, 0.4) is 0 Å². The van der Waals surface area contributed by atoms with Crippen LogP contribution in [0, 0.1) is 11.6 Å². The van der Waals surface area contributed by atoms with Crippen molar-refractivity contribution in [2.75, 3.05) is 0 Å². The lowest BCUT2D eigenvalue weighted by Gasteiger charge is -2.07. The second-order valence-corrected chi connectivity index (χ2v) is 5.30. The number of hydrogen-bond donors (Lipinski definition) is 2. The predicted octanol–water partition coefficient (Wildman–Crippen LogP) is 3.14. The summed E-state index contributed by atoms with van der Waals surface area (Å²) in [6.45, 7) is 0.493. The minimum absolute atomic E-state index is 0.189. The molecule has 0 radical (unpaired) electrons. The second kappa shape index (κ2) is 6.29. The first kappa shape index (κ1) is 15.4. The Kier molecular flexibility index (Phi) is 4.20. The van der Waals surface area contributed by atoms with E-state index in [1.807, 2.05) is 0 Å². The van der Waals surface area contributed by atoms with Crippen LogP contribution in [0.1, 0.15) is 19.3 Å². The molecule has 0 bridgehead atoms. The molecule has 120 valence electrons. The first-order valence-corrected chi connectivity index (χ1v) is 7.26. The molecule has 3 aromatic rings. The number of aryl methyl sites for hydroxylation is 1. The molecule has 1 aromatic carbocycles. The lowest BCUT2D eigenvalue weighted by molar-refractivity contribution is -0.129. The third kappa shape index (κ3) is 2.87. The van der Waals surface area contributed by atoms with Crippen LogP contribution in [0.2, 0.25) is 0 Å². The Bertz CT molecular complexity index is 877. The predicted molar refractivity (Wildman–Crippen MR) is 80.9 cm³/mol. The molecule has 0 aliphatic carbocycles. The second-order valence-electron chi connectivity index (χ2n) is 5.30. The highest BCUT2D eigenvalue weighted by atomic mass is 19.1. The van der Waals surface area contributed by atoms with E-state index in [1.165, 1.54) is 6.07 Å². The topological polar surface area (TPSA) is 67.2 Å². The number of carbonyl (C=O) groups is 1. The van der Waals surface area contributed by atoms with Crippen LogP contribution in [0.4, 0.5) is 8.78 Å². The highest BCUT2D eigenvalue weighted by Crippen LogP contribution is 2.30. The fraction of sp³-hybridized carbons (Fsp3) is 0.250. The molecule has 1 amide bonds. The molecule has 3 rings (SSSR count). The monoisotopic (exact) mass is 319 g/mol. The molecule has 0 aliphatic rings. The van der Waals surface area contributed by atoms with Gasteiger partial charge in [0.25, 0.3) is 0 Å². The van der Waals surface area contributed by atoms with Gasteiger partial charge in [0.1, 0.15) is 11.6 Å². The quantitative estimate of drug-likeness (QED) is 0.431. The molecular formula is C16H15F2N3O2. The summed E-state index contributed by atoms with van der Waals surface area (Å²) in [6, 6.07) is 5.69. The van der Waals surface area contributed by atoms with Gasteiger partial charge in [0, 0.05) is 25.2 Å². The van der Waals surface area contributed by atoms with Crippen LogP contribution in [0.5, 0.6) is 0 Å². The van der Waals surface area contributed by atoms with Gasteiger partial charge in [0.05, 0.1) is 21.9 Å². The Morgan fingerprint density at radius 3 is 2.87 bits per heavy atom. The smallest absolute Gasteiger partial charge is 0.243 e. The Labute approximate surface area is 130 Å². The van der Waals surface area contributed by atoms with Crippen molar-refractivity contribution in [3.8, 4) is 0 Å². The average Bonchev–Trinajstić information content (AvgIpc) is 2.85. The molecule has 2 aromatic heterocycles. The number of fused-ring (bicyclic) bond motifs is 3. The summed E-state index contributed by atoms with van der Waals surface area (Å²) in [5.41, 5.74) is 3.24. The summed E-state index contributed by atoms with van der Waals surface area (Å²) in [5, 5.41) is 8.77. The van der Waals surface area contributed by atoms with E-state index in [1.54, 1.807) is 28.4 Å². The van der Waals surface area contributed by atoms with Crippen LogP contribution in [-0.4, -0.2) is 20.7 Å². The van der Waals surface area contributed by atoms with E-state index in [9.17, 15) is 13.6 Å². The number of aromatic nitrogens is 2. The molecule has 0 unspecified atom stereocenters. The number of hydrogen-bond acceptors (Lipinski definition) is 3. The maximum atomic E-state index is 14.2. The fourth-order valence-electron chi connectivity index (χ4n) is 2.80. The summed E-state index contributed by atoms with van der Waals surface area (Å²) in [5.74, 6) is -1.73. The van der Waals surface area contributed by atoms with E-state index in [2.05, 4.69) is 4.98 Å². The van der Waals surface area contributed by atoms with Gasteiger partial charge in [-0.1, -0.05) is 0 Å². The summed E-state index contributed by atoms with van der Waals surface area (Å²) in [4.78, 5) is 15.2. The molecule has 0 fully saturated rings. The number of rotatable bonds is 5. The molecule has 7 heteroatoms. The molecule has 5 nitrogen and oxygen atoms in total. The lowest BCUT2D eigenvalue weighted by atomic mass is 10.2. The lowest BCUT2D eigenvalue weighted by Crippen LogP contribution is -2.17. The maximum Gasteiger partial charge on any atom is 0.243 e. The Morgan fingerprint density at radius 1 is 1.26 bits per heavy atom. The summed E-state index contributed by atoms with van der Waals surface area (Å²) in [6.07, 6.45) is 2.93. The van der Waals surface area contributed by atoms with Crippen molar-refractivity contribution in [3.05, 3.63) is 42.1 Å². The van der Waals surface area contributed by atoms with Gasteiger partial charge in [0.15, 0.2) is 0 Å². The number of nitrogens with one attached hydrogen (secondary N) is 1. The van der Waals surface area contributed by atoms with Crippen LogP contribution < -0.4 is 5.48 Å². The van der Waals surface area contributed by atoms with E-state index in [-0.39, 0.29) is 6.42 Å². The number of hydroxylamine groups is 1. The maximum absolute atomic E-state index is 14.2. The molecule has 2 heterocycles. The number of amides is 1. The van der Waals surface area contributed by atoms with E-state index in [0.29, 0.717) is 35.8 Å². The van der Waals surface area contributed by atoms with Gasteiger partial charge in [-0.15, -0.1) is 0 Å². The van der Waals surface area contributed by atoms with E-state index in [0.717, 1.165) is 11.6 Å². The molecule has 23 heavy (non-hydrogen) atoms. The molecule has 0 spiro atoms. The zero-order valence-corrected chi connectivity index (χ0v) is 12.2. The van der Waals surface area contributed by atoms with Crippen LogP contribution in [-0.2, 0) is 11.3 Å². The highest BCUT2D eigenvalue weighted by Gasteiger charge is 2.16. The molecule has 2 N–H and O–H groups in total. The van der Waals surface area contributed by atoms with Crippen molar-refractivity contribution >= 4 is 27.8 Å². The average molecular weight is 319 g/mol. The van der Waals surface area contributed by atoms with Crippen molar-refractivity contribution in [2.24, 2.45) is 0 Å². The number of carbonyl (C=O) groups excluding carboxylic acids is 1.